The highest BCUT2D eigenvalue weighted by molar-refractivity contribution is 14.1. The summed E-state index contributed by atoms with van der Waals surface area (Å²) in [5.41, 5.74) is 2.51. The average molecular weight is 662 g/mol. The molecule has 0 atom stereocenters. The number of carbonyl (C=O) groups is 3. The fourth-order valence-electron chi connectivity index (χ4n) is 2.93. The fourth-order valence-corrected chi connectivity index (χ4v) is 5.80. The fraction of sp³-hybridized carbons (Fsp3) is 0.227. The van der Waals surface area contributed by atoms with Crippen molar-refractivity contribution in [3.05, 3.63) is 59.6 Å². The van der Waals surface area contributed by atoms with E-state index in [-0.39, 0.29) is 11.4 Å². The van der Waals surface area contributed by atoms with Crippen molar-refractivity contribution in [2.75, 3.05) is 18.5 Å². The van der Waals surface area contributed by atoms with E-state index in [9.17, 15) is 14.4 Å². The summed E-state index contributed by atoms with van der Waals surface area (Å²) in [6, 6.07) is 11.3. The number of benzene rings is 2. The first kappa shape index (κ1) is 24.1. The van der Waals surface area contributed by atoms with Crippen molar-refractivity contribution in [2.45, 2.75) is 20.3 Å². The third-order valence-electron chi connectivity index (χ3n) is 4.43. The van der Waals surface area contributed by atoms with Gasteiger partial charge in [-0.1, -0.05) is 19.1 Å². The molecule has 162 valence electrons. The zero-order valence-corrected chi connectivity index (χ0v) is 22.0. The van der Waals surface area contributed by atoms with Gasteiger partial charge in [0.15, 0.2) is 0 Å². The first-order chi connectivity index (χ1) is 14.8. The number of ether oxygens (including phenoxy) is 1. The summed E-state index contributed by atoms with van der Waals surface area (Å²) in [6.07, 6.45) is 2.56. The molecule has 1 aliphatic heterocycles. The van der Waals surface area contributed by atoms with E-state index < -0.39 is 17.1 Å². The van der Waals surface area contributed by atoms with Crippen LogP contribution in [0.4, 0.5) is 10.5 Å². The molecule has 0 unspecified atom stereocenters. The lowest BCUT2D eigenvalue weighted by Crippen LogP contribution is -2.36. The highest BCUT2D eigenvalue weighted by Crippen LogP contribution is 2.36. The number of hydrogen-bond acceptors (Lipinski definition) is 5. The molecule has 2 aromatic carbocycles. The zero-order valence-electron chi connectivity index (χ0n) is 16.9. The number of anilines is 1. The van der Waals surface area contributed by atoms with Gasteiger partial charge >= 0.3 is 0 Å². The van der Waals surface area contributed by atoms with E-state index in [4.69, 9.17) is 4.74 Å². The van der Waals surface area contributed by atoms with Crippen LogP contribution >= 0.6 is 56.9 Å². The van der Waals surface area contributed by atoms with Gasteiger partial charge in [-0.3, -0.25) is 19.3 Å². The van der Waals surface area contributed by atoms with Crippen molar-refractivity contribution >= 4 is 85.8 Å². The van der Waals surface area contributed by atoms with Gasteiger partial charge in [-0.05, 0) is 106 Å². The van der Waals surface area contributed by atoms with Crippen LogP contribution in [0, 0.1) is 7.14 Å². The minimum Gasteiger partial charge on any atom is -0.492 e. The van der Waals surface area contributed by atoms with Crippen LogP contribution in [0.3, 0.4) is 0 Å². The van der Waals surface area contributed by atoms with Gasteiger partial charge in [0.25, 0.3) is 11.1 Å². The van der Waals surface area contributed by atoms with Crippen LogP contribution in [-0.4, -0.2) is 35.1 Å². The largest absolute Gasteiger partial charge is 0.492 e. The van der Waals surface area contributed by atoms with Crippen LogP contribution < -0.4 is 10.1 Å². The van der Waals surface area contributed by atoms with Crippen molar-refractivity contribution in [1.82, 2.24) is 4.90 Å². The Morgan fingerprint density at radius 1 is 1.16 bits per heavy atom. The minimum atomic E-state index is -0.484. The molecule has 0 aromatic heterocycles. The van der Waals surface area contributed by atoms with E-state index in [0.717, 1.165) is 41.3 Å². The predicted octanol–water partition coefficient (Wildman–Crippen LogP) is 5.53. The lowest BCUT2D eigenvalue weighted by molar-refractivity contribution is -0.127. The Balaban J connectivity index is 1.75. The van der Waals surface area contributed by atoms with Gasteiger partial charge in [-0.15, -0.1) is 0 Å². The molecule has 31 heavy (non-hydrogen) atoms. The highest BCUT2D eigenvalue weighted by atomic mass is 127. The summed E-state index contributed by atoms with van der Waals surface area (Å²) in [5.74, 6) is -0.238. The third kappa shape index (κ3) is 6.01. The van der Waals surface area contributed by atoms with Crippen molar-refractivity contribution in [1.29, 1.82) is 0 Å². The van der Waals surface area contributed by atoms with E-state index in [1.54, 1.807) is 18.2 Å². The molecule has 3 amide bonds. The van der Waals surface area contributed by atoms with Crippen LogP contribution in [0.1, 0.15) is 25.0 Å². The van der Waals surface area contributed by atoms with Gasteiger partial charge in [0.05, 0.1) is 15.1 Å². The normalized spacial score (nSPS) is 15.0. The summed E-state index contributed by atoms with van der Waals surface area (Å²) >= 11 is 5.21. The summed E-state index contributed by atoms with van der Waals surface area (Å²) in [4.78, 5) is 38.9. The lowest BCUT2D eigenvalue weighted by Gasteiger charge is -2.13. The van der Waals surface area contributed by atoms with Gasteiger partial charge in [0.1, 0.15) is 12.3 Å². The van der Waals surface area contributed by atoms with Crippen LogP contribution in [0.5, 0.6) is 5.75 Å². The Morgan fingerprint density at radius 2 is 1.87 bits per heavy atom. The third-order valence-corrected chi connectivity index (χ3v) is 6.77. The van der Waals surface area contributed by atoms with E-state index in [2.05, 4.69) is 57.4 Å². The number of nitrogens with zero attached hydrogens (tertiary/aromatic N) is 1. The molecule has 2 aromatic rings. The molecule has 1 saturated heterocycles. The summed E-state index contributed by atoms with van der Waals surface area (Å²) in [7, 11) is 0. The van der Waals surface area contributed by atoms with E-state index in [1.807, 2.05) is 31.2 Å². The molecule has 1 heterocycles. The monoisotopic (exact) mass is 662 g/mol. The molecule has 1 aliphatic rings. The molecule has 1 N–H and O–H groups in total. The number of rotatable bonds is 7. The molecule has 3 rings (SSSR count). The Bertz CT molecular complexity index is 1050. The van der Waals surface area contributed by atoms with Gasteiger partial charge in [0, 0.05) is 14.8 Å². The van der Waals surface area contributed by atoms with Crippen molar-refractivity contribution in [3.8, 4) is 5.75 Å². The number of amides is 3. The van der Waals surface area contributed by atoms with Crippen LogP contribution in [0.2, 0.25) is 0 Å². The van der Waals surface area contributed by atoms with Crippen LogP contribution in [-0.2, 0) is 16.0 Å². The second-order valence-corrected chi connectivity index (χ2v) is 10.0. The number of thioether (sulfide) groups is 1. The average Bonchev–Trinajstić information content (AvgIpc) is 2.98. The van der Waals surface area contributed by atoms with E-state index in [0.29, 0.717) is 18.0 Å². The van der Waals surface area contributed by atoms with E-state index in [1.165, 1.54) is 0 Å². The Hall–Kier alpha value is -1.60. The first-order valence-corrected chi connectivity index (χ1v) is 12.6. The molecule has 0 spiro atoms. The molecular weight excluding hydrogens is 642 g/mol. The summed E-state index contributed by atoms with van der Waals surface area (Å²) < 4.78 is 7.64. The minimum absolute atomic E-state index is 0.267. The maximum atomic E-state index is 12.8. The highest BCUT2D eigenvalue weighted by Gasteiger charge is 2.36. The maximum absolute atomic E-state index is 12.8. The van der Waals surface area contributed by atoms with Crippen LogP contribution in [0.15, 0.2) is 41.3 Å². The second kappa shape index (κ2) is 10.8. The SMILES string of the molecule is CCOc1c(I)cc(I)cc1/C=C1/SC(=O)N(CC(=O)Nc2ccc(CC)cc2)C1=O. The predicted molar refractivity (Wildman–Crippen MR) is 140 cm³/mol. The van der Waals surface area contributed by atoms with Gasteiger partial charge in [-0.25, -0.2) is 0 Å². The Labute approximate surface area is 212 Å². The zero-order chi connectivity index (χ0) is 22.5. The van der Waals surface area contributed by atoms with Crippen molar-refractivity contribution in [2.24, 2.45) is 0 Å². The summed E-state index contributed by atoms with van der Waals surface area (Å²) in [5, 5.41) is 2.26. The molecule has 0 radical (unpaired) electrons. The van der Waals surface area contributed by atoms with Gasteiger partial charge in [0.2, 0.25) is 5.91 Å². The number of imide groups is 1. The molecule has 6 nitrogen and oxygen atoms in total. The smallest absolute Gasteiger partial charge is 0.294 e. The first-order valence-electron chi connectivity index (χ1n) is 9.58. The number of aryl methyl sites for hydroxylation is 1. The standard InChI is InChI=1S/C22H20I2N2O4S/c1-3-13-5-7-16(8-6-13)25-19(27)12-26-21(28)18(31-22(26)29)10-14-9-15(23)11-17(24)20(14)30-4-2/h5-11H,3-4,12H2,1-2H3,(H,25,27)/b18-10+. The van der Waals surface area contributed by atoms with Crippen LogP contribution in [0.25, 0.3) is 6.08 Å². The lowest BCUT2D eigenvalue weighted by atomic mass is 10.1. The number of carbonyl (C=O) groups excluding carboxylic acids is 3. The van der Waals surface area contributed by atoms with Crippen molar-refractivity contribution in [3.63, 3.8) is 0 Å². The van der Waals surface area contributed by atoms with Gasteiger partial charge < -0.3 is 10.1 Å². The number of nitrogens with one attached hydrogen (secondary N) is 1. The topological polar surface area (TPSA) is 75.7 Å². The van der Waals surface area contributed by atoms with E-state index >= 15 is 0 Å². The number of halogens is 2. The second-order valence-electron chi connectivity index (χ2n) is 6.61. The molecule has 1 fully saturated rings. The molecule has 9 heteroatoms. The number of hydrogen-bond donors (Lipinski definition) is 1. The Kier molecular flexibility index (Phi) is 8.39. The van der Waals surface area contributed by atoms with Gasteiger partial charge in [-0.2, -0.15) is 0 Å². The quantitative estimate of drug-likeness (QED) is 0.312. The van der Waals surface area contributed by atoms with Crippen molar-refractivity contribution < 1.29 is 19.1 Å². The summed E-state index contributed by atoms with van der Waals surface area (Å²) in [6.45, 7) is 4.09. The Morgan fingerprint density at radius 3 is 2.52 bits per heavy atom. The maximum Gasteiger partial charge on any atom is 0.294 e. The molecular formula is C22H20I2N2O4S. The molecule has 0 aliphatic carbocycles. The molecule has 0 saturated carbocycles. The molecule has 0 bridgehead atoms.